The van der Waals surface area contributed by atoms with E-state index in [1.807, 2.05) is 27.7 Å². The van der Waals surface area contributed by atoms with Crippen LogP contribution in [0.15, 0.2) is 24.5 Å². The van der Waals surface area contributed by atoms with Crippen LogP contribution in [0.4, 0.5) is 13.2 Å². The number of aromatic nitrogens is 2. The van der Waals surface area contributed by atoms with Gasteiger partial charge >= 0.3 is 6.18 Å². The average Bonchev–Trinajstić information content (AvgIpc) is 3.13. The fourth-order valence-electron chi connectivity index (χ4n) is 2.17. The molecule has 3 nitrogen and oxygen atoms in total. The maximum Gasteiger partial charge on any atom is 0.417 e. The van der Waals surface area contributed by atoms with Crippen LogP contribution in [0.2, 0.25) is 0 Å². The van der Waals surface area contributed by atoms with Crippen LogP contribution in [0.5, 0.6) is 0 Å². The third kappa shape index (κ3) is 8.84. The van der Waals surface area contributed by atoms with Crippen molar-refractivity contribution in [1.82, 2.24) is 9.78 Å². The first-order valence-corrected chi connectivity index (χ1v) is 10.2. The minimum Gasteiger partial charge on any atom is -0.313 e. The fourth-order valence-corrected chi connectivity index (χ4v) is 2.17. The molecule has 1 atom stereocenters. The molecule has 6 heteroatoms. The van der Waals surface area contributed by atoms with Gasteiger partial charge in [0.15, 0.2) is 0 Å². The molecule has 0 aliphatic heterocycles. The van der Waals surface area contributed by atoms with Gasteiger partial charge in [-0.2, -0.15) is 18.3 Å². The zero-order chi connectivity index (χ0) is 22.8. The van der Waals surface area contributed by atoms with Crippen molar-refractivity contribution < 1.29 is 13.2 Å². The number of nitrogens with zero attached hydrogens (tertiary/aromatic N) is 2. The second kappa shape index (κ2) is 12.5. The van der Waals surface area contributed by atoms with E-state index in [9.17, 15) is 13.2 Å². The average molecular weight is 412 g/mol. The molecule has 0 spiro atoms. The van der Waals surface area contributed by atoms with Gasteiger partial charge in [-0.3, -0.25) is 4.68 Å². The summed E-state index contributed by atoms with van der Waals surface area (Å²) in [5.41, 5.74) is 1.55. The smallest absolute Gasteiger partial charge is 0.313 e. The summed E-state index contributed by atoms with van der Waals surface area (Å²) in [7, 11) is 0. The lowest BCUT2D eigenvalue weighted by Gasteiger charge is -2.14. The highest BCUT2D eigenvalue weighted by molar-refractivity contribution is 5.68. The van der Waals surface area contributed by atoms with Crippen molar-refractivity contribution >= 4 is 6.21 Å². The van der Waals surface area contributed by atoms with Gasteiger partial charge in [0, 0.05) is 17.8 Å². The van der Waals surface area contributed by atoms with Crippen LogP contribution in [-0.2, 0) is 6.18 Å². The first-order valence-electron chi connectivity index (χ1n) is 10.2. The predicted octanol–water partition coefficient (Wildman–Crippen LogP) is 7.87. The second-order valence-corrected chi connectivity index (χ2v) is 7.54. The minimum absolute atomic E-state index is 0.115. The Morgan fingerprint density at radius 1 is 1.07 bits per heavy atom. The largest absolute Gasteiger partial charge is 0.417 e. The molecule has 0 saturated carbocycles. The van der Waals surface area contributed by atoms with E-state index in [0.29, 0.717) is 17.0 Å². The van der Waals surface area contributed by atoms with Crippen LogP contribution in [0.3, 0.4) is 0 Å². The highest BCUT2D eigenvalue weighted by Crippen LogP contribution is 2.38. The van der Waals surface area contributed by atoms with Gasteiger partial charge in [0.05, 0.1) is 11.8 Å². The highest BCUT2D eigenvalue weighted by atomic mass is 19.4. The Morgan fingerprint density at radius 3 is 1.93 bits per heavy atom. The topological polar surface area (TPSA) is 41.7 Å². The van der Waals surface area contributed by atoms with Crippen molar-refractivity contribution in [2.45, 2.75) is 80.4 Å². The Morgan fingerprint density at radius 2 is 1.59 bits per heavy atom. The van der Waals surface area contributed by atoms with E-state index in [1.165, 1.54) is 24.9 Å². The normalized spacial score (nSPS) is 11.9. The van der Waals surface area contributed by atoms with Crippen molar-refractivity contribution in [2.24, 2.45) is 5.92 Å². The molecule has 0 saturated heterocycles. The fraction of sp³-hybridized carbons (Fsp3) is 0.565. The molecule has 0 aliphatic rings. The summed E-state index contributed by atoms with van der Waals surface area (Å²) in [6.45, 7) is 15.7. The molecular weight excluding hydrogens is 375 g/mol. The molecule has 2 aromatic rings. The Labute approximate surface area is 173 Å². The van der Waals surface area contributed by atoms with E-state index >= 15 is 0 Å². The van der Waals surface area contributed by atoms with E-state index in [-0.39, 0.29) is 11.6 Å². The molecule has 0 bridgehead atoms. The summed E-state index contributed by atoms with van der Waals surface area (Å²) in [5.74, 6) is 0.477. The van der Waals surface area contributed by atoms with Crippen molar-refractivity contribution in [1.29, 1.82) is 5.41 Å². The van der Waals surface area contributed by atoms with Gasteiger partial charge in [0.2, 0.25) is 0 Å². The van der Waals surface area contributed by atoms with E-state index < -0.39 is 11.7 Å². The monoisotopic (exact) mass is 411 g/mol. The first kappa shape index (κ1) is 26.9. The Balaban J connectivity index is 0.000000736. The zero-order valence-corrected chi connectivity index (χ0v) is 19.0. The summed E-state index contributed by atoms with van der Waals surface area (Å²) in [6.07, 6.45) is 2.58. The summed E-state index contributed by atoms with van der Waals surface area (Å²) in [4.78, 5) is 0. The van der Waals surface area contributed by atoms with E-state index in [1.54, 1.807) is 23.9 Å². The van der Waals surface area contributed by atoms with Crippen molar-refractivity contribution in [3.05, 3.63) is 41.2 Å². The lowest BCUT2D eigenvalue weighted by molar-refractivity contribution is -0.137. The molecule has 1 aromatic heterocycles. The number of aryl methyl sites for hydroxylation is 2. The van der Waals surface area contributed by atoms with Gasteiger partial charge in [0.1, 0.15) is 0 Å². The third-order valence-electron chi connectivity index (χ3n) is 4.31. The Kier molecular flexibility index (Phi) is 11.5. The quantitative estimate of drug-likeness (QED) is 0.511. The molecule has 2 rings (SSSR count). The third-order valence-corrected chi connectivity index (χ3v) is 4.31. The first-order chi connectivity index (χ1) is 13.4. The molecule has 0 amide bonds. The van der Waals surface area contributed by atoms with Crippen molar-refractivity contribution in [2.75, 3.05) is 0 Å². The number of benzene rings is 1. The summed E-state index contributed by atoms with van der Waals surface area (Å²) >= 11 is 0. The molecule has 0 unspecified atom stereocenters. The molecule has 1 aromatic carbocycles. The molecular formula is C23H36F3N3. The molecule has 0 aliphatic carbocycles. The standard InChI is InChI=1S/C15H17F3N2.C5H11N.C3H8/c1-9(2)20-8-12(7-19-20)13-5-10(3)11(4)6-14(13)15(16,17)18;1-3-5(2)4-6;1-3-2/h5-9H,1-4H3;4-6H,3H2,1-2H3;3H2,1-2H3/t;5-;/m.1./s1. The van der Waals surface area contributed by atoms with Gasteiger partial charge < -0.3 is 5.41 Å². The van der Waals surface area contributed by atoms with Crippen LogP contribution in [0, 0.1) is 25.2 Å². The lowest BCUT2D eigenvalue weighted by Crippen LogP contribution is -2.08. The van der Waals surface area contributed by atoms with E-state index in [0.717, 1.165) is 12.0 Å². The van der Waals surface area contributed by atoms with Gasteiger partial charge in [-0.1, -0.05) is 40.2 Å². The summed E-state index contributed by atoms with van der Waals surface area (Å²) in [5, 5.41) is 10.8. The number of halogens is 3. The maximum atomic E-state index is 13.2. The highest BCUT2D eigenvalue weighted by Gasteiger charge is 2.34. The molecule has 1 heterocycles. The van der Waals surface area contributed by atoms with E-state index in [2.05, 4.69) is 25.9 Å². The van der Waals surface area contributed by atoms with Gasteiger partial charge in [-0.05, 0) is 69.0 Å². The Hall–Kier alpha value is -2.11. The molecule has 29 heavy (non-hydrogen) atoms. The number of rotatable bonds is 4. The van der Waals surface area contributed by atoms with Crippen LogP contribution in [0.1, 0.15) is 77.1 Å². The van der Waals surface area contributed by atoms with Crippen LogP contribution >= 0.6 is 0 Å². The van der Waals surface area contributed by atoms with E-state index in [4.69, 9.17) is 5.41 Å². The van der Waals surface area contributed by atoms with Crippen LogP contribution in [0.25, 0.3) is 11.1 Å². The SMILES string of the molecule is CCC.CC[C@@H](C)C=N.Cc1cc(-c2cnn(C(C)C)c2)c(C(F)(F)F)cc1C. The van der Waals surface area contributed by atoms with Crippen molar-refractivity contribution in [3.63, 3.8) is 0 Å². The maximum absolute atomic E-state index is 13.2. The molecule has 0 fully saturated rings. The predicted molar refractivity (Wildman–Crippen MR) is 117 cm³/mol. The molecule has 164 valence electrons. The summed E-state index contributed by atoms with van der Waals surface area (Å²) in [6, 6.07) is 2.90. The summed E-state index contributed by atoms with van der Waals surface area (Å²) < 4.78 is 41.2. The van der Waals surface area contributed by atoms with Gasteiger partial charge in [-0.25, -0.2) is 0 Å². The Bertz CT molecular complexity index is 746. The number of hydrogen-bond donors (Lipinski definition) is 1. The number of nitrogens with one attached hydrogen (secondary N) is 1. The van der Waals surface area contributed by atoms with Crippen LogP contribution < -0.4 is 0 Å². The zero-order valence-electron chi connectivity index (χ0n) is 19.0. The number of alkyl halides is 3. The molecule has 0 radical (unpaired) electrons. The van der Waals surface area contributed by atoms with Crippen LogP contribution in [-0.4, -0.2) is 16.0 Å². The lowest BCUT2D eigenvalue weighted by atomic mass is 9.96. The van der Waals surface area contributed by atoms with Crippen molar-refractivity contribution in [3.8, 4) is 11.1 Å². The second-order valence-electron chi connectivity index (χ2n) is 7.54. The van der Waals surface area contributed by atoms with Gasteiger partial charge in [0.25, 0.3) is 0 Å². The number of hydrogen-bond acceptors (Lipinski definition) is 2. The van der Waals surface area contributed by atoms with Gasteiger partial charge in [-0.15, -0.1) is 0 Å². The minimum atomic E-state index is -4.37. The molecule has 1 N–H and O–H groups in total.